The summed E-state index contributed by atoms with van der Waals surface area (Å²) < 4.78 is 0. The molecule has 0 spiro atoms. The normalized spacial score (nSPS) is 25.4. The van der Waals surface area contributed by atoms with E-state index in [0.717, 1.165) is 11.1 Å². The molecule has 1 heterocycles. The first kappa shape index (κ1) is 16.8. The molecule has 1 saturated heterocycles. The number of hydrogen-bond acceptors (Lipinski definition) is 4. The summed E-state index contributed by atoms with van der Waals surface area (Å²) >= 11 is 1.51. The molecular weight excluding hydrogens is 328 g/mol. The maximum atomic E-state index is 12.5. The predicted octanol–water partition coefficient (Wildman–Crippen LogP) is 1.86. The van der Waals surface area contributed by atoms with Crippen LogP contribution in [0.3, 0.4) is 0 Å². The molecule has 0 radical (unpaired) electrons. The smallest absolute Gasteiger partial charge is 0.307 e. The summed E-state index contributed by atoms with van der Waals surface area (Å²) in [7, 11) is 0. The maximum absolute atomic E-state index is 12.5. The molecule has 24 heavy (non-hydrogen) atoms. The zero-order chi connectivity index (χ0) is 17.4. The first-order chi connectivity index (χ1) is 11.4. The van der Waals surface area contributed by atoms with E-state index < -0.39 is 23.8 Å². The number of carbonyl (C=O) groups excluding carboxylic acids is 2. The van der Waals surface area contributed by atoms with E-state index in [0.29, 0.717) is 23.7 Å². The summed E-state index contributed by atoms with van der Waals surface area (Å²) in [6.45, 7) is 3.98. The zero-order valence-corrected chi connectivity index (χ0v) is 14.4. The van der Waals surface area contributed by atoms with Crippen LogP contribution in [0.4, 0.5) is 5.69 Å². The van der Waals surface area contributed by atoms with Gasteiger partial charge in [0.1, 0.15) is 6.04 Å². The van der Waals surface area contributed by atoms with E-state index in [9.17, 15) is 14.4 Å². The molecule has 2 amide bonds. The highest BCUT2D eigenvalue weighted by Crippen LogP contribution is 2.41. The van der Waals surface area contributed by atoms with Crippen molar-refractivity contribution in [3.63, 3.8) is 0 Å². The second-order valence-electron chi connectivity index (χ2n) is 6.40. The van der Waals surface area contributed by atoms with Gasteiger partial charge < -0.3 is 15.3 Å². The van der Waals surface area contributed by atoms with Crippen molar-refractivity contribution in [2.24, 2.45) is 11.8 Å². The van der Waals surface area contributed by atoms with Crippen molar-refractivity contribution in [3.8, 4) is 0 Å². The van der Waals surface area contributed by atoms with E-state index in [1.54, 1.807) is 0 Å². The molecule has 128 valence electrons. The van der Waals surface area contributed by atoms with Crippen molar-refractivity contribution in [1.82, 2.24) is 4.90 Å². The van der Waals surface area contributed by atoms with Crippen LogP contribution in [0.15, 0.2) is 18.2 Å². The molecule has 0 bridgehead atoms. The summed E-state index contributed by atoms with van der Waals surface area (Å²) in [5, 5.41) is 11.8. The van der Waals surface area contributed by atoms with E-state index in [4.69, 9.17) is 5.11 Å². The Morgan fingerprint density at radius 3 is 2.58 bits per heavy atom. The topological polar surface area (TPSA) is 86.7 Å². The number of anilines is 1. The number of carboxylic acid groups (broad SMARTS) is 1. The van der Waals surface area contributed by atoms with E-state index in [1.807, 2.05) is 32.0 Å². The fourth-order valence-corrected chi connectivity index (χ4v) is 4.04. The molecule has 3 atom stereocenters. The van der Waals surface area contributed by atoms with Crippen LogP contribution in [0.1, 0.15) is 17.5 Å². The van der Waals surface area contributed by atoms with Gasteiger partial charge in [-0.3, -0.25) is 14.4 Å². The van der Waals surface area contributed by atoms with Gasteiger partial charge in [-0.05, 0) is 43.5 Å². The Kier molecular flexibility index (Phi) is 4.54. The van der Waals surface area contributed by atoms with E-state index in [-0.39, 0.29) is 11.8 Å². The molecule has 0 aromatic heterocycles. The Labute approximate surface area is 144 Å². The third kappa shape index (κ3) is 3.26. The number of nitrogens with zero attached hydrogens (tertiary/aromatic N) is 1. The highest BCUT2D eigenvalue weighted by Gasteiger charge is 2.52. The average molecular weight is 348 g/mol. The molecule has 2 fully saturated rings. The standard InChI is InChI=1S/C17H20N2O4S/c1-9-3-4-11(5-10(9)2)18-15(20)14-7-24-8-19(14)16(21)12-6-13(12)17(22)23/h3-5,12-14H,6-8H2,1-2H3,(H,18,20)(H,22,23). The molecule has 1 aliphatic carbocycles. The summed E-state index contributed by atoms with van der Waals surface area (Å²) in [6, 6.07) is 5.15. The highest BCUT2D eigenvalue weighted by molar-refractivity contribution is 7.99. The minimum atomic E-state index is -0.934. The van der Waals surface area contributed by atoms with Gasteiger partial charge in [-0.15, -0.1) is 11.8 Å². The Hall–Kier alpha value is -2.02. The van der Waals surface area contributed by atoms with Crippen LogP contribution in [0.25, 0.3) is 0 Å². The number of carbonyl (C=O) groups is 3. The number of aliphatic carboxylic acids is 1. The highest BCUT2D eigenvalue weighted by atomic mass is 32.2. The fourth-order valence-electron chi connectivity index (χ4n) is 2.88. The Balaban J connectivity index is 1.66. The molecule has 7 heteroatoms. The lowest BCUT2D eigenvalue weighted by molar-refractivity contribution is -0.142. The van der Waals surface area contributed by atoms with Crippen molar-refractivity contribution in [2.75, 3.05) is 16.9 Å². The molecule has 2 N–H and O–H groups in total. The first-order valence-electron chi connectivity index (χ1n) is 7.87. The van der Waals surface area contributed by atoms with E-state index in [1.165, 1.54) is 16.7 Å². The number of aryl methyl sites for hydroxylation is 2. The monoisotopic (exact) mass is 348 g/mol. The molecule has 3 rings (SSSR count). The number of carboxylic acids is 1. The number of rotatable bonds is 4. The molecular formula is C17H20N2O4S. The third-order valence-electron chi connectivity index (χ3n) is 4.67. The van der Waals surface area contributed by atoms with Crippen molar-refractivity contribution >= 4 is 35.2 Å². The van der Waals surface area contributed by atoms with Gasteiger partial charge in [-0.1, -0.05) is 6.07 Å². The van der Waals surface area contributed by atoms with Gasteiger partial charge in [0, 0.05) is 11.4 Å². The number of benzene rings is 1. The van der Waals surface area contributed by atoms with E-state index >= 15 is 0 Å². The Morgan fingerprint density at radius 2 is 1.96 bits per heavy atom. The lowest BCUT2D eigenvalue weighted by atomic mass is 10.1. The largest absolute Gasteiger partial charge is 0.481 e. The summed E-state index contributed by atoms with van der Waals surface area (Å²) in [4.78, 5) is 37.5. The summed E-state index contributed by atoms with van der Waals surface area (Å²) in [6.07, 6.45) is 0.376. The second-order valence-corrected chi connectivity index (χ2v) is 7.40. The Morgan fingerprint density at radius 1 is 1.21 bits per heavy atom. The SMILES string of the molecule is Cc1ccc(NC(=O)C2CSCN2C(=O)C2CC2C(=O)O)cc1C. The number of hydrogen-bond donors (Lipinski definition) is 2. The number of amides is 2. The number of nitrogens with one attached hydrogen (secondary N) is 1. The van der Waals surface area contributed by atoms with Crippen molar-refractivity contribution in [1.29, 1.82) is 0 Å². The fraction of sp³-hybridized carbons (Fsp3) is 0.471. The third-order valence-corrected chi connectivity index (χ3v) is 5.68. The zero-order valence-electron chi connectivity index (χ0n) is 13.6. The Bertz CT molecular complexity index is 706. The molecule has 1 saturated carbocycles. The summed E-state index contributed by atoms with van der Waals surface area (Å²) in [5.74, 6) is -1.46. The van der Waals surface area contributed by atoms with Crippen LogP contribution in [0.5, 0.6) is 0 Å². The molecule has 2 aliphatic rings. The molecule has 1 aromatic carbocycles. The van der Waals surface area contributed by atoms with Crippen LogP contribution < -0.4 is 5.32 Å². The average Bonchev–Trinajstić information content (AvgIpc) is 3.19. The lowest BCUT2D eigenvalue weighted by Crippen LogP contribution is -2.45. The van der Waals surface area contributed by atoms with Crippen LogP contribution >= 0.6 is 11.8 Å². The van der Waals surface area contributed by atoms with Gasteiger partial charge in [0.05, 0.1) is 17.7 Å². The minimum Gasteiger partial charge on any atom is -0.481 e. The number of thioether (sulfide) groups is 1. The van der Waals surface area contributed by atoms with Gasteiger partial charge in [0.15, 0.2) is 0 Å². The molecule has 1 aliphatic heterocycles. The van der Waals surface area contributed by atoms with Gasteiger partial charge >= 0.3 is 5.97 Å². The molecule has 3 unspecified atom stereocenters. The molecule has 1 aromatic rings. The minimum absolute atomic E-state index is 0.215. The van der Waals surface area contributed by atoms with Crippen LogP contribution in [-0.2, 0) is 14.4 Å². The van der Waals surface area contributed by atoms with Crippen LogP contribution in [-0.4, -0.2) is 45.5 Å². The van der Waals surface area contributed by atoms with Gasteiger partial charge in [0.2, 0.25) is 11.8 Å². The van der Waals surface area contributed by atoms with Crippen LogP contribution in [0, 0.1) is 25.7 Å². The molecule has 6 nitrogen and oxygen atoms in total. The quantitative estimate of drug-likeness (QED) is 0.867. The van der Waals surface area contributed by atoms with E-state index in [2.05, 4.69) is 5.32 Å². The summed E-state index contributed by atoms with van der Waals surface area (Å²) in [5.41, 5.74) is 2.95. The first-order valence-corrected chi connectivity index (χ1v) is 9.03. The van der Waals surface area contributed by atoms with Crippen molar-refractivity contribution < 1.29 is 19.5 Å². The van der Waals surface area contributed by atoms with Crippen molar-refractivity contribution in [2.45, 2.75) is 26.3 Å². The maximum Gasteiger partial charge on any atom is 0.307 e. The van der Waals surface area contributed by atoms with Gasteiger partial charge in [-0.2, -0.15) is 0 Å². The second kappa shape index (κ2) is 6.47. The van der Waals surface area contributed by atoms with Crippen LogP contribution in [0.2, 0.25) is 0 Å². The lowest BCUT2D eigenvalue weighted by Gasteiger charge is -2.23. The van der Waals surface area contributed by atoms with Crippen molar-refractivity contribution in [3.05, 3.63) is 29.3 Å². The van der Waals surface area contributed by atoms with Gasteiger partial charge in [-0.25, -0.2) is 0 Å². The van der Waals surface area contributed by atoms with Gasteiger partial charge in [0.25, 0.3) is 0 Å². The predicted molar refractivity (Wildman–Crippen MR) is 91.7 cm³/mol.